The highest BCUT2D eigenvalue weighted by molar-refractivity contribution is 5.96. The molecule has 3 aromatic carbocycles. The van der Waals surface area contributed by atoms with E-state index in [4.69, 9.17) is 0 Å². The number of hydrogen-bond donors (Lipinski definition) is 3. The standard InChI is InChI=1S/C20H19N3O2/c1-14(20(25)23-21-13-15-6-4-9-17(24)12-15)22-19-11-5-8-16-7-2-3-10-18(16)19/h2-14,22,24H,1H3,(H,23,25)/b21-13-/t14-/m1/s1. The minimum absolute atomic E-state index is 0.154. The number of phenolic OH excluding ortho intramolecular Hbond substituents is 1. The molecule has 0 aromatic heterocycles. The fourth-order valence-corrected chi connectivity index (χ4v) is 2.52. The van der Waals surface area contributed by atoms with E-state index in [-0.39, 0.29) is 11.7 Å². The number of anilines is 1. The first-order valence-corrected chi connectivity index (χ1v) is 8.00. The van der Waals surface area contributed by atoms with Gasteiger partial charge in [0.2, 0.25) is 0 Å². The fraction of sp³-hybridized carbons (Fsp3) is 0.100. The summed E-state index contributed by atoms with van der Waals surface area (Å²) >= 11 is 0. The summed E-state index contributed by atoms with van der Waals surface area (Å²) in [5.74, 6) is -0.0920. The third-order valence-electron chi connectivity index (χ3n) is 3.81. The number of benzene rings is 3. The minimum atomic E-state index is -0.452. The molecule has 0 spiro atoms. The van der Waals surface area contributed by atoms with E-state index < -0.39 is 6.04 Å². The van der Waals surface area contributed by atoms with Crippen molar-refractivity contribution in [2.45, 2.75) is 13.0 Å². The highest BCUT2D eigenvalue weighted by atomic mass is 16.3. The summed E-state index contributed by atoms with van der Waals surface area (Å²) in [4.78, 5) is 12.2. The molecule has 0 aliphatic rings. The van der Waals surface area contributed by atoms with Crippen molar-refractivity contribution < 1.29 is 9.90 Å². The molecule has 1 atom stereocenters. The largest absolute Gasteiger partial charge is 0.508 e. The average molecular weight is 333 g/mol. The predicted octanol–water partition coefficient (Wildman–Crippen LogP) is 3.50. The van der Waals surface area contributed by atoms with Gasteiger partial charge in [0.1, 0.15) is 11.8 Å². The quantitative estimate of drug-likeness (QED) is 0.494. The average Bonchev–Trinajstić information content (AvgIpc) is 2.62. The summed E-state index contributed by atoms with van der Waals surface area (Å²) in [6.45, 7) is 1.78. The van der Waals surface area contributed by atoms with Crippen molar-refractivity contribution in [2.75, 3.05) is 5.32 Å². The maximum atomic E-state index is 12.2. The molecule has 3 rings (SSSR count). The number of nitrogens with one attached hydrogen (secondary N) is 2. The summed E-state index contributed by atoms with van der Waals surface area (Å²) in [6, 6.07) is 20.1. The number of fused-ring (bicyclic) bond motifs is 1. The molecular formula is C20H19N3O2. The Balaban J connectivity index is 1.64. The van der Waals surface area contributed by atoms with Gasteiger partial charge in [0.05, 0.1) is 6.21 Å². The van der Waals surface area contributed by atoms with Crippen LogP contribution in [0.15, 0.2) is 71.8 Å². The Hall–Kier alpha value is -3.34. The van der Waals surface area contributed by atoms with Crippen LogP contribution in [0, 0.1) is 0 Å². The van der Waals surface area contributed by atoms with Crippen molar-refractivity contribution in [3.63, 3.8) is 0 Å². The molecule has 126 valence electrons. The summed E-state index contributed by atoms with van der Waals surface area (Å²) < 4.78 is 0. The molecule has 3 N–H and O–H groups in total. The van der Waals surface area contributed by atoms with Crippen molar-refractivity contribution >= 4 is 28.6 Å². The number of nitrogens with zero attached hydrogens (tertiary/aromatic N) is 1. The first kappa shape index (κ1) is 16.5. The Morgan fingerprint density at radius 1 is 1.08 bits per heavy atom. The van der Waals surface area contributed by atoms with Gasteiger partial charge >= 0.3 is 0 Å². The van der Waals surface area contributed by atoms with Crippen molar-refractivity contribution in [3.8, 4) is 5.75 Å². The fourth-order valence-electron chi connectivity index (χ4n) is 2.52. The van der Waals surface area contributed by atoms with Crippen LogP contribution >= 0.6 is 0 Å². The van der Waals surface area contributed by atoms with Crippen LogP contribution in [0.2, 0.25) is 0 Å². The van der Waals surface area contributed by atoms with E-state index in [1.54, 1.807) is 31.2 Å². The van der Waals surface area contributed by atoms with Crippen molar-refractivity contribution in [1.29, 1.82) is 0 Å². The zero-order valence-corrected chi connectivity index (χ0v) is 13.8. The summed E-state index contributed by atoms with van der Waals surface area (Å²) in [6.07, 6.45) is 1.49. The lowest BCUT2D eigenvalue weighted by Crippen LogP contribution is -2.34. The van der Waals surface area contributed by atoms with E-state index in [0.29, 0.717) is 5.56 Å². The lowest BCUT2D eigenvalue weighted by molar-refractivity contribution is -0.121. The number of carbonyl (C=O) groups is 1. The number of carbonyl (C=O) groups excluding carboxylic acids is 1. The summed E-state index contributed by atoms with van der Waals surface area (Å²) in [5, 5.41) is 18.7. The summed E-state index contributed by atoms with van der Waals surface area (Å²) in [7, 11) is 0. The molecular weight excluding hydrogens is 314 g/mol. The molecule has 0 radical (unpaired) electrons. The van der Waals surface area contributed by atoms with Crippen LogP contribution in [0.25, 0.3) is 10.8 Å². The van der Waals surface area contributed by atoms with Crippen molar-refractivity contribution in [1.82, 2.24) is 5.43 Å². The third-order valence-corrected chi connectivity index (χ3v) is 3.81. The van der Waals surface area contributed by atoms with E-state index in [1.165, 1.54) is 6.21 Å². The molecule has 0 heterocycles. The van der Waals surface area contributed by atoms with Gasteiger partial charge in [-0.25, -0.2) is 5.43 Å². The van der Waals surface area contributed by atoms with Gasteiger partial charge in [0.25, 0.3) is 5.91 Å². The van der Waals surface area contributed by atoms with E-state index in [0.717, 1.165) is 16.5 Å². The van der Waals surface area contributed by atoms with Crippen LogP contribution in [0.1, 0.15) is 12.5 Å². The normalized spacial score (nSPS) is 12.2. The molecule has 5 heteroatoms. The van der Waals surface area contributed by atoms with Gasteiger partial charge in [-0.05, 0) is 36.1 Å². The maximum Gasteiger partial charge on any atom is 0.262 e. The van der Waals surface area contributed by atoms with Gasteiger partial charge in [-0.2, -0.15) is 5.10 Å². The Morgan fingerprint density at radius 2 is 1.84 bits per heavy atom. The highest BCUT2D eigenvalue weighted by Crippen LogP contribution is 2.23. The highest BCUT2D eigenvalue weighted by Gasteiger charge is 2.12. The molecule has 0 aliphatic heterocycles. The van der Waals surface area contributed by atoms with Crippen LogP contribution in [0.4, 0.5) is 5.69 Å². The van der Waals surface area contributed by atoms with E-state index >= 15 is 0 Å². The third kappa shape index (κ3) is 4.14. The molecule has 0 bridgehead atoms. The molecule has 0 fully saturated rings. The topological polar surface area (TPSA) is 73.7 Å². The molecule has 0 saturated carbocycles. The maximum absolute atomic E-state index is 12.2. The van der Waals surface area contributed by atoms with E-state index in [1.807, 2.05) is 42.5 Å². The van der Waals surface area contributed by atoms with Crippen LogP contribution in [-0.4, -0.2) is 23.3 Å². The van der Waals surface area contributed by atoms with E-state index in [9.17, 15) is 9.90 Å². The Kier molecular flexibility index (Phi) is 4.95. The van der Waals surface area contributed by atoms with E-state index in [2.05, 4.69) is 15.8 Å². The second-order valence-electron chi connectivity index (χ2n) is 5.72. The lowest BCUT2D eigenvalue weighted by Gasteiger charge is -2.15. The van der Waals surface area contributed by atoms with Gasteiger partial charge < -0.3 is 10.4 Å². The molecule has 25 heavy (non-hydrogen) atoms. The lowest BCUT2D eigenvalue weighted by atomic mass is 10.1. The van der Waals surface area contributed by atoms with Gasteiger partial charge in [0, 0.05) is 11.1 Å². The van der Waals surface area contributed by atoms with Gasteiger partial charge in [-0.15, -0.1) is 0 Å². The van der Waals surface area contributed by atoms with Crippen LogP contribution in [0.5, 0.6) is 5.75 Å². The summed E-state index contributed by atoms with van der Waals surface area (Å²) in [5.41, 5.74) is 4.11. The Bertz CT molecular complexity index is 916. The number of hydrogen-bond acceptors (Lipinski definition) is 4. The molecule has 0 unspecified atom stereocenters. The van der Waals surface area contributed by atoms with Crippen LogP contribution < -0.4 is 10.7 Å². The number of hydrazone groups is 1. The minimum Gasteiger partial charge on any atom is -0.508 e. The Labute approximate surface area is 146 Å². The molecule has 0 aliphatic carbocycles. The van der Waals surface area contributed by atoms with Gasteiger partial charge in [0.15, 0.2) is 0 Å². The zero-order chi connectivity index (χ0) is 17.6. The number of rotatable bonds is 5. The molecule has 1 amide bonds. The smallest absolute Gasteiger partial charge is 0.262 e. The number of phenols is 1. The second kappa shape index (κ2) is 7.49. The first-order chi connectivity index (χ1) is 12.1. The van der Waals surface area contributed by atoms with Gasteiger partial charge in [-0.3, -0.25) is 4.79 Å². The van der Waals surface area contributed by atoms with Crippen LogP contribution in [0.3, 0.4) is 0 Å². The predicted molar refractivity (Wildman–Crippen MR) is 101 cm³/mol. The Morgan fingerprint density at radius 3 is 2.68 bits per heavy atom. The number of amides is 1. The zero-order valence-electron chi connectivity index (χ0n) is 13.8. The molecule has 3 aromatic rings. The number of aromatic hydroxyl groups is 1. The first-order valence-electron chi connectivity index (χ1n) is 8.00. The second-order valence-corrected chi connectivity index (χ2v) is 5.72. The SMILES string of the molecule is C[C@@H](Nc1cccc2ccccc12)C(=O)N/N=C\c1cccc(O)c1. The van der Waals surface area contributed by atoms with Crippen molar-refractivity contribution in [2.24, 2.45) is 5.10 Å². The van der Waals surface area contributed by atoms with Crippen molar-refractivity contribution in [3.05, 3.63) is 72.3 Å². The van der Waals surface area contributed by atoms with Crippen LogP contribution in [-0.2, 0) is 4.79 Å². The molecule has 5 nitrogen and oxygen atoms in total. The van der Waals surface area contributed by atoms with Gasteiger partial charge in [-0.1, -0.05) is 48.5 Å². The molecule has 0 saturated heterocycles. The monoisotopic (exact) mass is 333 g/mol.